The maximum absolute atomic E-state index is 10.4. The van der Waals surface area contributed by atoms with Gasteiger partial charge in [0.1, 0.15) is 12.8 Å². The average Bonchev–Trinajstić information content (AvgIpc) is 2.70. The molecule has 0 aromatic heterocycles. The van der Waals surface area contributed by atoms with E-state index in [1.807, 2.05) is 13.0 Å². The lowest BCUT2D eigenvalue weighted by Gasteiger charge is -2.33. The van der Waals surface area contributed by atoms with Crippen LogP contribution in [0.1, 0.15) is 33.1 Å². The third-order valence-corrected chi connectivity index (χ3v) is 3.98. The van der Waals surface area contributed by atoms with Crippen molar-refractivity contribution >= 4 is 11.9 Å². The lowest BCUT2D eigenvalue weighted by Crippen LogP contribution is -2.49. The summed E-state index contributed by atoms with van der Waals surface area (Å²) in [5, 5.41) is 37.6. The van der Waals surface area contributed by atoms with E-state index in [1.54, 1.807) is 24.2 Å². The van der Waals surface area contributed by atoms with Crippen molar-refractivity contribution in [3.63, 3.8) is 0 Å². The highest BCUT2D eigenvalue weighted by Crippen LogP contribution is 2.23. The first-order valence-electron chi connectivity index (χ1n) is 8.06. The van der Waals surface area contributed by atoms with Gasteiger partial charge in [-0.15, -0.1) is 0 Å². The topological polar surface area (TPSA) is 109 Å². The summed E-state index contributed by atoms with van der Waals surface area (Å²) >= 11 is 0. The summed E-state index contributed by atoms with van der Waals surface area (Å²) in [5.41, 5.74) is 0.614. The molecule has 0 aliphatic carbocycles. The predicted molar refractivity (Wildman–Crippen MR) is 89.6 cm³/mol. The monoisotopic (exact) mass is 327 g/mol. The Hall–Kier alpha value is -1.28. The van der Waals surface area contributed by atoms with Crippen LogP contribution in [-0.4, -0.2) is 70.5 Å². The molecule has 1 aliphatic heterocycles. The summed E-state index contributed by atoms with van der Waals surface area (Å²) in [6.45, 7) is 4.17. The zero-order chi connectivity index (χ0) is 17.2. The van der Waals surface area contributed by atoms with Crippen molar-refractivity contribution < 1.29 is 20.1 Å². The predicted octanol–water partition coefficient (Wildman–Crippen LogP) is 0.747. The Balaban J connectivity index is 2.84. The highest BCUT2D eigenvalue weighted by Gasteiger charge is 2.37. The van der Waals surface area contributed by atoms with Crippen molar-refractivity contribution in [3.8, 4) is 0 Å². The average molecular weight is 327 g/mol. The number of allylic oxidation sites excluding steroid dienone is 1. The number of aliphatic imine (C=N–C) groups is 1. The Labute approximate surface area is 137 Å². The molecule has 0 radical (unpaired) electrons. The van der Waals surface area contributed by atoms with Crippen molar-refractivity contribution in [2.24, 2.45) is 10.9 Å². The molecule has 132 valence electrons. The molecular weight excluding hydrogens is 298 g/mol. The second-order valence-corrected chi connectivity index (χ2v) is 5.62. The van der Waals surface area contributed by atoms with Crippen molar-refractivity contribution in [2.75, 3.05) is 19.9 Å². The van der Waals surface area contributed by atoms with E-state index < -0.39 is 24.4 Å². The number of hydrogen-bond acceptors (Lipinski definition) is 7. The van der Waals surface area contributed by atoms with E-state index in [0.717, 1.165) is 0 Å². The molecule has 1 aliphatic rings. The van der Waals surface area contributed by atoms with Gasteiger partial charge in [-0.2, -0.15) is 0 Å². The minimum Gasteiger partial charge on any atom is -0.396 e. The zero-order valence-corrected chi connectivity index (χ0v) is 13.9. The van der Waals surface area contributed by atoms with Crippen LogP contribution in [0.3, 0.4) is 0 Å². The summed E-state index contributed by atoms with van der Waals surface area (Å²) in [7, 11) is 0. The third kappa shape index (κ3) is 6.02. The number of rotatable bonds is 8. The minimum absolute atomic E-state index is 0.190. The molecule has 1 rings (SSSR count). The van der Waals surface area contributed by atoms with Gasteiger partial charge in [0, 0.05) is 31.3 Å². The van der Waals surface area contributed by atoms with E-state index in [-0.39, 0.29) is 13.3 Å². The zero-order valence-electron chi connectivity index (χ0n) is 13.9. The van der Waals surface area contributed by atoms with Gasteiger partial charge in [0.25, 0.3) is 0 Å². The van der Waals surface area contributed by atoms with Gasteiger partial charge >= 0.3 is 0 Å². The molecule has 0 unspecified atom stereocenters. The van der Waals surface area contributed by atoms with Crippen LogP contribution in [0.5, 0.6) is 0 Å². The molecule has 1 fully saturated rings. The van der Waals surface area contributed by atoms with E-state index in [0.29, 0.717) is 31.6 Å². The SMILES string of the molecule is C/C=N\CN(/C=C\CC(=N)CC)[C@@H]1OCC[C@H](CO)[C@@H](O)[C@H]1O. The molecule has 0 amide bonds. The largest absolute Gasteiger partial charge is 0.396 e. The molecule has 0 saturated carbocycles. The van der Waals surface area contributed by atoms with Crippen molar-refractivity contribution in [1.82, 2.24) is 4.90 Å². The van der Waals surface area contributed by atoms with Crippen LogP contribution < -0.4 is 0 Å². The van der Waals surface area contributed by atoms with Gasteiger partial charge in [0.05, 0.1) is 6.10 Å². The summed E-state index contributed by atoms with van der Waals surface area (Å²) in [4.78, 5) is 5.87. The van der Waals surface area contributed by atoms with Crippen LogP contribution in [0.15, 0.2) is 17.3 Å². The fraction of sp³-hybridized carbons (Fsp3) is 0.750. The standard InChI is InChI=1S/C16H29N3O4/c1-3-13(17)6-5-8-19(11-18-4-2)16-15(22)14(21)12(10-20)7-9-23-16/h4-5,8,12,14-17,20-22H,3,6-7,9-11H2,1-2H3/b8-5-,17-13?,18-4-/t12-,14-,15-,16-/m1/s1. The molecule has 0 aromatic rings. The fourth-order valence-corrected chi connectivity index (χ4v) is 2.41. The summed E-state index contributed by atoms with van der Waals surface area (Å²) in [6, 6.07) is 0. The molecule has 23 heavy (non-hydrogen) atoms. The maximum Gasteiger partial charge on any atom is 0.159 e. The lowest BCUT2D eigenvalue weighted by molar-refractivity contribution is -0.133. The van der Waals surface area contributed by atoms with Crippen molar-refractivity contribution in [2.45, 2.75) is 51.5 Å². The number of aliphatic hydroxyl groups excluding tert-OH is 3. The minimum atomic E-state index is -1.14. The molecule has 0 bridgehead atoms. The Kier molecular flexibility index (Phi) is 9.01. The highest BCUT2D eigenvalue weighted by molar-refractivity contribution is 5.82. The van der Waals surface area contributed by atoms with Gasteiger partial charge in [-0.3, -0.25) is 4.99 Å². The highest BCUT2D eigenvalue weighted by atomic mass is 16.5. The van der Waals surface area contributed by atoms with E-state index >= 15 is 0 Å². The van der Waals surface area contributed by atoms with Gasteiger partial charge in [-0.05, 0) is 32.2 Å². The molecule has 4 atom stereocenters. The number of aliphatic hydroxyl groups is 3. The first-order valence-corrected chi connectivity index (χ1v) is 8.06. The van der Waals surface area contributed by atoms with Crippen LogP contribution in [-0.2, 0) is 4.74 Å². The molecule has 0 aromatic carbocycles. The van der Waals surface area contributed by atoms with E-state index in [2.05, 4.69) is 4.99 Å². The van der Waals surface area contributed by atoms with Gasteiger partial charge in [-0.25, -0.2) is 0 Å². The summed E-state index contributed by atoms with van der Waals surface area (Å²) < 4.78 is 5.69. The van der Waals surface area contributed by atoms with E-state index in [4.69, 9.17) is 10.1 Å². The normalized spacial score (nSPS) is 29.1. The first kappa shape index (κ1) is 19.8. The van der Waals surface area contributed by atoms with Gasteiger partial charge in [-0.1, -0.05) is 13.0 Å². The van der Waals surface area contributed by atoms with Gasteiger partial charge < -0.3 is 30.4 Å². The molecule has 4 N–H and O–H groups in total. The van der Waals surface area contributed by atoms with Crippen molar-refractivity contribution in [1.29, 1.82) is 5.41 Å². The second-order valence-electron chi connectivity index (χ2n) is 5.62. The van der Waals surface area contributed by atoms with Crippen LogP contribution in [0.2, 0.25) is 0 Å². The lowest BCUT2D eigenvalue weighted by atomic mass is 9.96. The van der Waals surface area contributed by atoms with Gasteiger partial charge in [0.2, 0.25) is 0 Å². The van der Waals surface area contributed by atoms with Crippen molar-refractivity contribution in [3.05, 3.63) is 12.3 Å². The summed E-state index contributed by atoms with van der Waals surface area (Å²) in [5.74, 6) is -0.399. The maximum atomic E-state index is 10.4. The molecular formula is C16H29N3O4. The Morgan fingerprint density at radius 2 is 2.13 bits per heavy atom. The number of nitrogens with one attached hydrogen (secondary N) is 1. The quantitative estimate of drug-likeness (QED) is 0.492. The number of hydrogen-bond donors (Lipinski definition) is 4. The third-order valence-electron chi connectivity index (χ3n) is 3.98. The number of ether oxygens (including phenoxy) is 1. The molecule has 7 nitrogen and oxygen atoms in total. The van der Waals surface area contributed by atoms with Crippen LogP contribution in [0.25, 0.3) is 0 Å². The Morgan fingerprint density at radius 1 is 1.39 bits per heavy atom. The van der Waals surface area contributed by atoms with Crippen LogP contribution in [0.4, 0.5) is 0 Å². The van der Waals surface area contributed by atoms with Crippen LogP contribution in [0, 0.1) is 11.3 Å². The Bertz CT molecular complexity index is 414. The molecule has 7 heteroatoms. The van der Waals surface area contributed by atoms with Gasteiger partial charge in [0.15, 0.2) is 6.23 Å². The Morgan fingerprint density at radius 3 is 2.74 bits per heavy atom. The smallest absolute Gasteiger partial charge is 0.159 e. The number of nitrogens with zero attached hydrogens (tertiary/aromatic N) is 2. The molecule has 1 heterocycles. The van der Waals surface area contributed by atoms with E-state index in [9.17, 15) is 15.3 Å². The fourth-order valence-electron chi connectivity index (χ4n) is 2.41. The first-order chi connectivity index (χ1) is 11.0. The van der Waals surface area contributed by atoms with Crippen LogP contribution >= 0.6 is 0 Å². The molecule has 1 saturated heterocycles. The molecule has 0 spiro atoms. The summed E-state index contributed by atoms with van der Waals surface area (Å²) in [6.07, 6.45) is 4.00. The second kappa shape index (κ2) is 10.5. The van der Waals surface area contributed by atoms with E-state index in [1.165, 1.54) is 0 Å².